The molecule has 0 aliphatic rings. The lowest BCUT2D eigenvalue weighted by Crippen LogP contribution is -2.29. The van der Waals surface area contributed by atoms with E-state index in [4.69, 9.17) is 5.73 Å². The number of nitrogens with zero attached hydrogens (tertiary/aromatic N) is 1. The molecule has 3 N–H and O–H groups in total. The molecule has 4 rings (SSSR count). The van der Waals surface area contributed by atoms with Gasteiger partial charge in [-0.2, -0.15) is 34.8 Å². The highest BCUT2D eigenvalue weighted by Crippen LogP contribution is 2.38. The number of aromatic nitrogens is 1. The normalized spacial score (nSPS) is 12.6. The molecule has 0 saturated carbocycles. The van der Waals surface area contributed by atoms with Gasteiger partial charge < -0.3 is 10.3 Å². The van der Waals surface area contributed by atoms with Crippen molar-refractivity contribution in [2.24, 2.45) is 5.73 Å². The maximum atomic E-state index is 13.5. The second-order valence-electron chi connectivity index (χ2n) is 7.65. The van der Waals surface area contributed by atoms with E-state index < -0.39 is 38.9 Å². The molecule has 36 heavy (non-hydrogen) atoms. The van der Waals surface area contributed by atoms with Gasteiger partial charge in [0.2, 0.25) is 0 Å². The summed E-state index contributed by atoms with van der Waals surface area (Å²) in [6, 6.07) is 15.2. The molecule has 0 aliphatic heterocycles. The van der Waals surface area contributed by atoms with E-state index in [2.05, 4.69) is 0 Å². The van der Waals surface area contributed by atoms with Crippen molar-refractivity contribution in [2.75, 3.05) is 4.72 Å². The van der Waals surface area contributed by atoms with Crippen LogP contribution in [-0.4, -0.2) is 24.4 Å². The van der Waals surface area contributed by atoms with Crippen LogP contribution < -0.4 is 10.5 Å². The number of alkyl halides is 6. The van der Waals surface area contributed by atoms with Gasteiger partial charge in [-0.25, -0.2) is 0 Å². The molecule has 0 aliphatic carbocycles. The number of primary amides is 1. The highest BCUT2D eigenvalue weighted by molar-refractivity contribution is 7.93. The summed E-state index contributed by atoms with van der Waals surface area (Å²) in [6.45, 7) is 0. The molecule has 6 nitrogen and oxygen atoms in total. The van der Waals surface area contributed by atoms with Crippen molar-refractivity contribution in [3.8, 4) is 16.8 Å². The highest BCUT2D eigenvalue weighted by atomic mass is 32.2. The highest BCUT2D eigenvalue weighted by Gasteiger charge is 2.46. The zero-order valence-electron chi connectivity index (χ0n) is 17.9. The van der Waals surface area contributed by atoms with Gasteiger partial charge in [-0.3, -0.25) is 9.52 Å². The smallest absolute Gasteiger partial charge is 0.364 e. The van der Waals surface area contributed by atoms with Gasteiger partial charge in [0.15, 0.2) is 0 Å². The Balaban J connectivity index is 1.91. The Kier molecular flexibility index (Phi) is 5.99. The van der Waals surface area contributed by atoms with Crippen LogP contribution in [0.5, 0.6) is 0 Å². The summed E-state index contributed by atoms with van der Waals surface area (Å²) in [5.41, 5.74) is -1.29. The number of carbonyl (C=O) groups excluding carboxylic acids is 1. The average molecular weight is 527 g/mol. The average Bonchev–Trinajstić information content (AvgIpc) is 3.17. The van der Waals surface area contributed by atoms with Gasteiger partial charge in [0.05, 0.1) is 16.8 Å². The third kappa shape index (κ3) is 4.61. The number of carbonyl (C=O) groups is 1. The number of anilines is 1. The molecular formula is C23H15F6N3O3S. The van der Waals surface area contributed by atoms with E-state index in [1.165, 1.54) is 63.9 Å². The van der Waals surface area contributed by atoms with Gasteiger partial charge in [-0.05, 0) is 47.5 Å². The first-order valence-electron chi connectivity index (χ1n) is 10.0. The number of rotatable bonds is 5. The van der Waals surface area contributed by atoms with Crippen molar-refractivity contribution < 1.29 is 39.6 Å². The monoisotopic (exact) mass is 527 g/mol. The zero-order valence-corrected chi connectivity index (χ0v) is 18.7. The predicted molar refractivity (Wildman–Crippen MR) is 121 cm³/mol. The first-order chi connectivity index (χ1) is 16.7. The molecule has 1 aromatic heterocycles. The summed E-state index contributed by atoms with van der Waals surface area (Å²) in [5.74, 6) is -0.926. The van der Waals surface area contributed by atoms with Crippen molar-refractivity contribution >= 4 is 32.5 Å². The summed E-state index contributed by atoms with van der Waals surface area (Å²) < 4.78 is 105. The van der Waals surface area contributed by atoms with Crippen LogP contribution in [0.15, 0.2) is 72.8 Å². The van der Waals surface area contributed by atoms with Crippen LogP contribution in [-0.2, 0) is 16.2 Å². The largest absolute Gasteiger partial charge is 0.516 e. The number of sulfonamides is 1. The lowest BCUT2D eigenvalue weighted by molar-refractivity contribution is -0.137. The summed E-state index contributed by atoms with van der Waals surface area (Å²) in [7, 11) is -5.73. The first-order valence-corrected chi connectivity index (χ1v) is 11.5. The van der Waals surface area contributed by atoms with Crippen LogP contribution in [0, 0.1) is 0 Å². The lowest BCUT2D eigenvalue weighted by Gasteiger charge is -2.15. The molecule has 4 aromatic rings. The number of fused-ring (bicyclic) bond motifs is 1. The van der Waals surface area contributed by atoms with E-state index in [0.717, 1.165) is 18.2 Å². The maximum absolute atomic E-state index is 13.5. The Labute approximate surface area is 200 Å². The first kappa shape index (κ1) is 25.1. The van der Waals surface area contributed by atoms with Gasteiger partial charge in [0.25, 0.3) is 5.91 Å². The third-order valence-electron chi connectivity index (χ3n) is 5.26. The molecule has 0 unspecified atom stereocenters. The molecule has 0 atom stereocenters. The fourth-order valence-electron chi connectivity index (χ4n) is 3.73. The zero-order chi connectivity index (χ0) is 26.5. The molecule has 1 amide bonds. The minimum atomic E-state index is -5.73. The molecule has 0 saturated heterocycles. The maximum Gasteiger partial charge on any atom is 0.516 e. The van der Waals surface area contributed by atoms with Gasteiger partial charge >= 0.3 is 21.7 Å². The molecule has 0 radical (unpaired) electrons. The van der Waals surface area contributed by atoms with Crippen LogP contribution in [0.25, 0.3) is 27.7 Å². The fraction of sp³-hybridized carbons (Fsp3) is 0.0870. The van der Waals surface area contributed by atoms with E-state index in [-0.39, 0.29) is 28.0 Å². The number of benzene rings is 3. The minimum Gasteiger partial charge on any atom is -0.364 e. The van der Waals surface area contributed by atoms with E-state index in [1.54, 1.807) is 0 Å². The van der Waals surface area contributed by atoms with Crippen LogP contribution in [0.1, 0.15) is 16.1 Å². The molecule has 0 spiro atoms. The quantitative estimate of drug-likeness (QED) is 0.327. The van der Waals surface area contributed by atoms with Crippen molar-refractivity contribution in [2.45, 2.75) is 11.7 Å². The number of amides is 1. The standard InChI is InChI=1S/C23H15F6N3O3S/c24-22(25,26)18-7-2-1-6-17(18)13-4-3-5-16(10-13)32-19-12-15(31-36(34,35)23(27,28)29)9-8-14(19)11-20(32)21(30)33/h1-12,31H,(H2,30,33). The van der Waals surface area contributed by atoms with Crippen molar-refractivity contribution in [1.82, 2.24) is 4.57 Å². The third-order valence-corrected chi connectivity index (χ3v) is 6.38. The van der Waals surface area contributed by atoms with Crippen LogP contribution in [0.2, 0.25) is 0 Å². The predicted octanol–water partition coefficient (Wildman–Crippen LogP) is 5.68. The van der Waals surface area contributed by atoms with E-state index in [1.807, 2.05) is 0 Å². The molecule has 188 valence electrons. The van der Waals surface area contributed by atoms with E-state index >= 15 is 0 Å². The second-order valence-corrected chi connectivity index (χ2v) is 9.32. The Morgan fingerprint density at radius 2 is 1.56 bits per heavy atom. The fourth-order valence-corrected chi connectivity index (χ4v) is 4.28. The Morgan fingerprint density at radius 1 is 0.861 bits per heavy atom. The molecule has 0 bridgehead atoms. The van der Waals surface area contributed by atoms with E-state index in [9.17, 15) is 39.6 Å². The number of halogens is 6. The molecule has 1 heterocycles. The number of hydrogen-bond donors (Lipinski definition) is 2. The van der Waals surface area contributed by atoms with Gasteiger partial charge in [0, 0.05) is 11.1 Å². The summed E-state index contributed by atoms with van der Waals surface area (Å²) in [5, 5.41) is 0.319. The number of nitrogens with two attached hydrogens (primary N) is 1. The Morgan fingerprint density at radius 3 is 2.19 bits per heavy atom. The Hall–Kier alpha value is -4.00. The van der Waals surface area contributed by atoms with Crippen molar-refractivity contribution in [3.05, 3.63) is 84.1 Å². The van der Waals surface area contributed by atoms with E-state index in [0.29, 0.717) is 5.39 Å². The number of nitrogens with one attached hydrogen (secondary N) is 1. The molecule has 0 fully saturated rings. The Bertz CT molecular complexity index is 1590. The minimum absolute atomic E-state index is 0.0902. The number of hydrogen-bond acceptors (Lipinski definition) is 3. The second kappa shape index (κ2) is 8.59. The van der Waals surface area contributed by atoms with Crippen LogP contribution >= 0.6 is 0 Å². The van der Waals surface area contributed by atoms with Crippen molar-refractivity contribution in [1.29, 1.82) is 0 Å². The van der Waals surface area contributed by atoms with Crippen LogP contribution in [0.4, 0.5) is 32.0 Å². The summed E-state index contributed by atoms with van der Waals surface area (Å²) >= 11 is 0. The lowest BCUT2D eigenvalue weighted by atomic mass is 9.99. The molecule has 3 aromatic carbocycles. The summed E-state index contributed by atoms with van der Waals surface area (Å²) in [4.78, 5) is 12.1. The molecule has 13 heteroatoms. The van der Waals surface area contributed by atoms with Crippen molar-refractivity contribution in [3.63, 3.8) is 0 Å². The van der Waals surface area contributed by atoms with Crippen LogP contribution in [0.3, 0.4) is 0 Å². The molecular weight excluding hydrogens is 512 g/mol. The van der Waals surface area contributed by atoms with Gasteiger partial charge in [-0.1, -0.05) is 36.4 Å². The summed E-state index contributed by atoms with van der Waals surface area (Å²) in [6.07, 6.45) is -4.64. The topological polar surface area (TPSA) is 94.2 Å². The van der Waals surface area contributed by atoms with Gasteiger partial charge in [0.1, 0.15) is 5.69 Å². The van der Waals surface area contributed by atoms with Gasteiger partial charge in [-0.15, -0.1) is 0 Å². The SMILES string of the molecule is NC(=O)c1cc2ccc(NS(=O)(=O)C(F)(F)F)cc2n1-c1cccc(-c2ccccc2C(F)(F)F)c1.